The number of likely N-dealkylation sites (tertiary alicyclic amines) is 1. The number of hydrogen-bond donors (Lipinski definition) is 1. The lowest BCUT2D eigenvalue weighted by molar-refractivity contribution is 0.0532. The fraction of sp³-hybridized carbons (Fsp3) is 0.588. The van der Waals surface area contributed by atoms with Crippen LogP contribution < -0.4 is 10.5 Å². The standard InChI is InChI=1S/C17H26N2O2/c1-12(2)21-15-8-4-7-14(10-15)17(20)19-9-5-6-13(3)16(19)11-18/h4,7-8,10,12-13,16H,5-6,9,11,18H2,1-3H3. The third-order valence-electron chi connectivity index (χ3n) is 4.07. The van der Waals surface area contributed by atoms with Gasteiger partial charge in [0, 0.05) is 24.7 Å². The minimum absolute atomic E-state index is 0.0613. The molecule has 2 N–H and O–H groups in total. The zero-order valence-electron chi connectivity index (χ0n) is 13.2. The van der Waals surface area contributed by atoms with Crippen LogP contribution in [0.15, 0.2) is 24.3 Å². The number of nitrogens with zero attached hydrogens (tertiary/aromatic N) is 1. The van der Waals surface area contributed by atoms with E-state index in [0.717, 1.165) is 25.1 Å². The van der Waals surface area contributed by atoms with Crippen molar-refractivity contribution in [3.63, 3.8) is 0 Å². The molecule has 21 heavy (non-hydrogen) atoms. The second-order valence-corrected chi connectivity index (χ2v) is 6.12. The highest BCUT2D eigenvalue weighted by Gasteiger charge is 2.31. The van der Waals surface area contributed by atoms with E-state index in [4.69, 9.17) is 10.5 Å². The molecule has 0 bridgehead atoms. The van der Waals surface area contributed by atoms with Crippen LogP contribution in [0.2, 0.25) is 0 Å². The summed E-state index contributed by atoms with van der Waals surface area (Å²) in [5.74, 6) is 1.26. The maximum absolute atomic E-state index is 12.8. The van der Waals surface area contributed by atoms with Gasteiger partial charge in [-0.25, -0.2) is 0 Å². The number of carbonyl (C=O) groups excluding carboxylic acids is 1. The fourth-order valence-electron chi connectivity index (χ4n) is 3.00. The molecular weight excluding hydrogens is 264 g/mol. The van der Waals surface area contributed by atoms with Crippen molar-refractivity contribution >= 4 is 5.91 Å². The maximum Gasteiger partial charge on any atom is 0.254 e. The van der Waals surface area contributed by atoms with E-state index in [1.807, 2.05) is 43.0 Å². The molecule has 1 aliphatic heterocycles. The van der Waals surface area contributed by atoms with Gasteiger partial charge in [-0.1, -0.05) is 13.0 Å². The number of benzene rings is 1. The fourth-order valence-corrected chi connectivity index (χ4v) is 3.00. The first-order chi connectivity index (χ1) is 10.0. The topological polar surface area (TPSA) is 55.6 Å². The van der Waals surface area contributed by atoms with Gasteiger partial charge in [-0.3, -0.25) is 4.79 Å². The molecule has 0 spiro atoms. The normalized spacial score (nSPS) is 22.4. The van der Waals surface area contributed by atoms with Crippen molar-refractivity contribution in [2.24, 2.45) is 11.7 Å². The Morgan fingerprint density at radius 2 is 2.24 bits per heavy atom. The average Bonchev–Trinajstić information content (AvgIpc) is 2.45. The predicted octanol–water partition coefficient (Wildman–Crippen LogP) is 2.67. The van der Waals surface area contributed by atoms with Gasteiger partial charge in [-0.15, -0.1) is 0 Å². The zero-order chi connectivity index (χ0) is 15.4. The van der Waals surface area contributed by atoms with Gasteiger partial charge in [0.25, 0.3) is 5.91 Å². The largest absolute Gasteiger partial charge is 0.491 e. The highest BCUT2D eigenvalue weighted by atomic mass is 16.5. The van der Waals surface area contributed by atoms with Crippen molar-refractivity contribution in [1.82, 2.24) is 4.90 Å². The zero-order valence-corrected chi connectivity index (χ0v) is 13.2. The summed E-state index contributed by atoms with van der Waals surface area (Å²) in [5.41, 5.74) is 6.56. The van der Waals surface area contributed by atoms with Crippen molar-refractivity contribution in [1.29, 1.82) is 0 Å². The first-order valence-corrected chi connectivity index (χ1v) is 7.80. The van der Waals surface area contributed by atoms with Crippen LogP contribution in [0.3, 0.4) is 0 Å². The van der Waals surface area contributed by atoms with Gasteiger partial charge in [0.1, 0.15) is 5.75 Å². The molecule has 116 valence electrons. The molecule has 1 amide bonds. The van der Waals surface area contributed by atoms with Crippen LogP contribution in [0.1, 0.15) is 44.0 Å². The van der Waals surface area contributed by atoms with E-state index in [-0.39, 0.29) is 18.1 Å². The summed E-state index contributed by atoms with van der Waals surface area (Å²) in [6.07, 6.45) is 2.29. The molecule has 1 aromatic carbocycles. The summed E-state index contributed by atoms with van der Waals surface area (Å²) < 4.78 is 5.67. The number of carbonyl (C=O) groups is 1. The Morgan fingerprint density at radius 1 is 1.48 bits per heavy atom. The van der Waals surface area contributed by atoms with Gasteiger partial charge < -0.3 is 15.4 Å². The van der Waals surface area contributed by atoms with E-state index in [9.17, 15) is 4.79 Å². The van der Waals surface area contributed by atoms with E-state index in [0.29, 0.717) is 18.0 Å². The highest BCUT2D eigenvalue weighted by Crippen LogP contribution is 2.25. The molecule has 2 rings (SSSR count). The third kappa shape index (κ3) is 3.76. The summed E-state index contributed by atoms with van der Waals surface area (Å²) in [6, 6.07) is 7.57. The van der Waals surface area contributed by atoms with Crippen molar-refractivity contribution in [3.8, 4) is 5.75 Å². The lowest BCUT2D eigenvalue weighted by Gasteiger charge is -2.39. The molecule has 0 aromatic heterocycles. The van der Waals surface area contributed by atoms with Crippen LogP contribution in [0.4, 0.5) is 0 Å². The number of nitrogens with two attached hydrogens (primary N) is 1. The number of rotatable bonds is 4. The smallest absolute Gasteiger partial charge is 0.254 e. The molecule has 2 unspecified atom stereocenters. The number of amides is 1. The Hall–Kier alpha value is -1.55. The Bertz CT molecular complexity index is 487. The van der Waals surface area contributed by atoms with Crippen LogP contribution in [-0.2, 0) is 0 Å². The second-order valence-electron chi connectivity index (χ2n) is 6.12. The van der Waals surface area contributed by atoms with Gasteiger partial charge in [-0.2, -0.15) is 0 Å². The van der Waals surface area contributed by atoms with Crippen LogP contribution in [0.25, 0.3) is 0 Å². The molecule has 0 saturated carbocycles. The van der Waals surface area contributed by atoms with Crippen molar-refractivity contribution in [2.75, 3.05) is 13.1 Å². The van der Waals surface area contributed by atoms with E-state index in [1.54, 1.807) is 0 Å². The monoisotopic (exact) mass is 290 g/mol. The predicted molar refractivity (Wildman–Crippen MR) is 84.5 cm³/mol. The van der Waals surface area contributed by atoms with Crippen molar-refractivity contribution in [3.05, 3.63) is 29.8 Å². The molecular formula is C17H26N2O2. The van der Waals surface area contributed by atoms with Crippen LogP contribution in [0, 0.1) is 5.92 Å². The Balaban J connectivity index is 2.18. The van der Waals surface area contributed by atoms with Crippen molar-refractivity contribution in [2.45, 2.75) is 45.8 Å². The molecule has 1 saturated heterocycles. The van der Waals surface area contributed by atoms with Crippen LogP contribution in [0.5, 0.6) is 5.75 Å². The molecule has 1 heterocycles. The molecule has 4 heteroatoms. The molecule has 4 nitrogen and oxygen atoms in total. The molecule has 0 radical (unpaired) electrons. The van der Waals surface area contributed by atoms with E-state index in [1.165, 1.54) is 0 Å². The minimum Gasteiger partial charge on any atom is -0.491 e. The SMILES string of the molecule is CC(C)Oc1cccc(C(=O)N2CCCC(C)C2CN)c1. The lowest BCUT2D eigenvalue weighted by atomic mass is 9.90. The lowest BCUT2D eigenvalue weighted by Crippen LogP contribution is -2.51. The van der Waals surface area contributed by atoms with E-state index >= 15 is 0 Å². The maximum atomic E-state index is 12.8. The quantitative estimate of drug-likeness (QED) is 0.927. The third-order valence-corrected chi connectivity index (χ3v) is 4.07. The highest BCUT2D eigenvalue weighted by molar-refractivity contribution is 5.95. The van der Waals surface area contributed by atoms with Crippen molar-refractivity contribution < 1.29 is 9.53 Å². The van der Waals surface area contributed by atoms with Crippen LogP contribution >= 0.6 is 0 Å². The van der Waals surface area contributed by atoms with Gasteiger partial charge in [0.05, 0.1) is 6.10 Å². The molecule has 1 aromatic rings. The number of hydrogen-bond acceptors (Lipinski definition) is 3. The summed E-state index contributed by atoms with van der Waals surface area (Å²) in [6.45, 7) is 7.45. The first-order valence-electron chi connectivity index (χ1n) is 7.80. The Kier molecular flexibility index (Phi) is 5.23. The van der Waals surface area contributed by atoms with Gasteiger partial charge >= 0.3 is 0 Å². The Labute approximate surface area is 127 Å². The number of ether oxygens (including phenoxy) is 1. The summed E-state index contributed by atoms with van der Waals surface area (Å²) in [4.78, 5) is 14.7. The van der Waals surface area contributed by atoms with Gasteiger partial charge in [0.2, 0.25) is 0 Å². The molecule has 1 aliphatic rings. The Morgan fingerprint density at radius 3 is 2.90 bits per heavy atom. The summed E-state index contributed by atoms with van der Waals surface area (Å²) in [5, 5.41) is 0. The number of piperidine rings is 1. The minimum atomic E-state index is 0.0613. The molecule has 2 atom stereocenters. The first kappa shape index (κ1) is 15.8. The van der Waals surface area contributed by atoms with E-state index in [2.05, 4.69) is 6.92 Å². The van der Waals surface area contributed by atoms with Gasteiger partial charge in [-0.05, 0) is 50.8 Å². The average molecular weight is 290 g/mol. The summed E-state index contributed by atoms with van der Waals surface area (Å²) >= 11 is 0. The van der Waals surface area contributed by atoms with Gasteiger partial charge in [0.15, 0.2) is 0 Å². The second kappa shape index (κ2) is 6.94. The van der Waals surface area contributed by atoms with E-state index < -0.39 is 0 Å². The van der Waals surface area contributed by atoms with Crippen LogP contribution in [-0.4, -0.2) is 36.0 Å². The molecule has 0 aliphatic carbocycles. The summed E-state index contributed by atoms with van der Waals surface area (Å²) in [7, 11) is 0. The molecule has 1 fully saturated rings.